The number of anilines is 1. The summed E-state index contributed by atoms with van der Waals surface area (Å²) in [5.41, 5.74) is -1.19. The molecule has 1 aliphatic rings. The minimum absolute atomic E-state index is 0.134. The van der Waals surface area contributed by atoms with Crippen molar-refractivity contribution in [2.75, 3.05) is 46.0 Å². The number of hydrogen-bond donors (Lipinski definition) is 1. The van der Waals surface area contributed by atoms with E-state index in [9.17, 15) is 17.6 Å². The van der Waals surface area contributed by atoms with Crippen molar-refractivity contribution in [2.45, 2.75) is 26.1 Å². The number of nitrogens with one attached hydrogen (secondary N) is 1. The van der Waals surface area contributed by atoms with Crippen LogP contribution in [0.5, 0.6) is 11.5 Å². The number of nitrogens with zero attached hydrogens (tertiary/aromatic N) is 2. The van der Waals surface area contributed by atoms with Crippen molar-refractivity contribution in [3.63, 3.8) is 0 Å². The first-order valence-corrected chi connectivity index (χ1v) is 11.2. The molecule has 1 fully saturated rings. The Morgan fingerprint density at radius 2 is 1.86 bits per heavy atom. The molecule has 2 aromatic carbocycles. The molecule has 7 nitrogen and oxygen atoms in total. The van der Waals surface area contributed by atoms with Gasteiger partial charge in [0, 0.05) is 24.1 Å². The SMILES string of the molecule is COCC1(COc2cc3c(N[C@H](C)c4cccc(C(F)(F)F)c4F)nc(C)nc3cc2OC)COC1. The number of halogens is 4. The Morgan fingerprint density at radius 3 is 2.47 bits per heavy atom. The smallest absolute Gasteiger partial charge is 0.419 e. The first-order valence-electron chi connectivity index (χ1n) is 11.2. The zero-order valence-electron chi connectivity index (χ0n) is 20.3. The number of ether oxygens (including phenoxy) is 4. The number of benzene rings is 2. The molecule has 0 saturated carbocycles. The quantitative estimate of drug-likeness (QED) is 0.392. The number of aromatic nitrogens is 2. The molecule has 0 aliphatic carbocycles. The molecule has 2 heterocycles. The van der Waals surface area contributed by atoms with E-state index in [2.05, 4.69) is 15.3 Å². The summed E-state index contributed by atoms with van der Waals surface area (Å²) < 4.78 is 76.6. The molecule has 4 rings (SSSR count). The van der Waals surface area contributed by atoms with Crippen molar-refractivity contribution in [1.29, 1.82) is 0 Å². The van der Waals surface area contributed by atoms with E-state index in [-0.39, 0.29) is 11.0 Å². The van der Waals surface area contributed by atoms with Crippen molar-refractivity contribution < 1.29 is 36.5 Å². The Hall–Kier alpha value is -3.18. The minimum Gasteiger partial charge on any atom is -0.493 e. The van der Waals surface area contributed by atoms with Crippen LogP contribution in [0.25, 0.3) is 10.9 Å². The number of alkyl halides is 3. The van der Waals surface area contributed by atoms with Crippen LogP contribution in [0.15, 0.2) is 30.3 Å². The second-order valence-corrected chi connectivity index (χ2v) is 8.93. The van der Waals surface area contributed by atoms with Crippen molar-refractivity contribution in [2.24, 2.45) is 5.41 Å². The summed E-state index contributed by atoms with van der Waals surface area (Å²) in [4.78, 5) is 8.87. The highest BCUT2D eigenvalue weighted by molar-refractivity contribution is 5.92. The lowest BCUT2D eigenvalue weighted by Gasteiger charge is -2.40. The van der Waals surface area contributed by atoms with E-state index in [1.165, 1.54) is 19.2 Å². The molecule has 1 atom stereocenters. The Labute approximate surface area is 205 Å². The highest BCUT2D eigenvalue weighted by Gasteiger charge is 2.40. The van der Waals surface area contributed by atoms with Gasteiger partial charge in [-0.2, -0.15) is 13.2 Å². The summed E-state index contributed by atoms with van der Waals surface area (Å²) in [7, 11) is 3.12. The topological polar surface area (TPSA) is 74.7 Å². The maximum Gasteiger partial charge on any atom is 0.419 e. The van der Waals surface area contributed by atoms with Crippen LogP contribution in [0.3, 0.4) is 0 Å². The van der Waals surface area contributed by atoms with Gasteiger partial charge in [-0.25, -0.2) is 14.4 Å². The fraction of sp³-hybridized carbons (Fsp3) is 0.440. The fourth-order valence-corrected chi connectivity index (χ4v) is 4.16. The Kier molecular flexibility index (Phi) is 7.24. The lowest BCUT2D eigenvalue weighted by molar-refractivity contribution is -0.159. The third-order valence-electron chi connectivity index (χ3n) is 6.05. The largest absolute Gasteiger partial charge is 0.493 e. The highest BCUT2D eigenvalue weighted by atomic mass is 19.4. The number of methoxy groups -OCH3 is 2. The van der Waals surface area contributed by atoms with Crippen molar-refractivity contribution in [3.05, 3.63) is 53.1 Å². The standard InChI is InChI=1S/C25H27F4N3O4/c1-14(16-6-5-7-18(22(16)26)25(27,28)29)30-23-17-8-21(36-13-24(10-33-3)11-35-12-24)20(34-4)9-19(17)31-15(2)32-23/h5-9,14H,10-13H2,1-4H3,(H,30,31,32)/t14-/m1/s1. The predicted molar refractivity (Wildman–Crippen MR) is 125 cm³/mol. The number of hydrogen-bond acceptors (Lipinski definition) is 7. The van der Waals surface area contributed by atoms with Gasteiger partial charge in [-0.15, -0.1) is 0 Å². The van der Waals surface area contributed by atoms with Gasteiger partial charge in [-0.1, -0.05) is 12.1 Å². The molecule has 0 bridgehead atoms. The van der Waals surface area contributed by atoms with Gasteiger partial charge in [0.1, 0.15) is 24.1 Å². The molecule has 0 unspecified atom stereocenters. The zero-order valence-corrected chi connectivity index (χ0v) is 20.3. The second-order valence-electron chi connectivity index (χ2n) is 8.93. The molecule has 36 heavy (non-hydrogen) atoms. The first-order chi connectivity index (χ1) is 17.1. The predicted octanol–water partition coefficient (Wildman–Crippen LogP) is 5.32. The van der Waals surface area contributed by atoms with Crippen LogP contribution in [-0.2, 0) is 15.7 Å². The Balaban J connectivity index is 1.68. The van der Waals surface area contributed by atoms with Crippen LogP contribution < -0.4 is 14.8 Å². The van der Waals surface area contributed by atoms with E-state index in [0.29, 0.717) is 60.5 Å². The number of rotatable bonds is 9. The molecule has 1 saturated heterocycles. The third kappa shape index (κ3) is 5.17. The van der Waals surface area contributed by atoms with Crippen LogP contribution in [0.2, 0.25) is 0 Å². The summed E-state index contributed by atoms with van der Waals surface area (Å²) in [5, 5.41) is 3.59. The molecular weight excluding hydrogens is 482 g/mol. The molecule has 194 valence electrons. The molecule has 11 heteroatoms. The summed E-state index contributed by atoms with van der Waals surface area (Å²) in [6.07, 6.45) is -4.80. The molecular formula is C25H27F4N3O4. The van der Waals surface area contributed by atoms with E-state index >= 15 is 0 Å². The van der Waals surface area contributed by atoms with Gasteiger partial charge >= 0.3 is 6.18 Å². The average molecular weight is 510 g/mol. The summed E-state index contributed by atoms with van der Waals surface area (Å²) in [6.45, 7) is 5.05. The normalized spacial score (nSPS) is 15.9. The monoisotopic (exact) mass is 509 g/mol. The van der Waals surface area contributed by atoms with Gasteiger partial charge in [-0.3, -0.25) is 0 Å². The Bertz CT molecular complexity index is 1250. The van der Waals surface area contributed by atoms with Crippen LogP contribution in [0.1, 0.15) is 29.9 Å². The lowest BCUT2D eigenvalue weighted by atomic mass is 9.88. The molecule has 1 aliphatic heterocycles. The molecule has 3 aromatic rings. The molecule has 0 spiro atoms. The highest BCUT2D eigenvalue weighted by Crippen LogP contribution is 2.38. The Morgan fingerprint density at radius 1 is 1.11 bits per heavy atom. The van der Waals surface area contributed by atoms with Crippen LogP contribution >= 0.6 is 0 Å². The van der Waals surface area contributed by atoms with Gasteiger partial charge in [0.05, 0.1) is 49.5 Å². The number of fused-ring (bicyclic) bond motifs is 1. The average Bonchev–Trinajstić information content (AvgIpc) is 2.79. The van der Waals surface area contributed by atoms with Crippen LogP contribution in [0, 0.1) is 18.2 Å². The van der Waals surface area contributed by atoms with Crippen molar-refractivity contribution >= 4 is 16.7 Å². The fourth-order valence-electron chi connectivity index (χ4n) is 4.16. The first kappa shape index (κ1) is 25.9. The van der Waals surface area contributed by atoms with Crippen molar-refractivity contribution in [1.82, 2.24) is 9.97 Å². The molecule has 1 aromatic heterocycles. The third-order valence-corrected chi connectivity index (χ3v) is 6.05. The molecule has 0 amide bonds. The molecule has 0 radical (unpaired) electrons. The number of aryl methyl sites for hydroxylation is 1. The van der Waals surface area contributed by atoms with Gasteiger partial charge in [0.15, 0.2) is 11.5 Å². The summed E-state index contributed by atoms with van der Waals surface area (Å²) in [6, 6.07) is 5.78. The lowest BCUT2D eigenvalue weighted by Crippen LogP contribution is -2.50. The van der Waals surface area contributed by atoms with E-state index in [1.807, 2.05) is 0 Å². The van der Waals surface area contributed by atoms with E-state index in [1.54, 1.807) is 33.1 Å². The van der Waals surface area contributed by atoms with Gasteiger partial charge in [-0.05, 0) is 26.0 Å². The zero-order chi connectivity index (χ0) is 26.1. The van der Waals surface area contributed by atoms with Crippen LogP contribution in [0.4, 0.5) is 23.4 Å². The second kappa shape index (κ2) is 10.1. The summed E-state index contributed by atoms with van der Waals surface area (Å²) >= 11 is 0. The van der Waals surface area contributed by atoms with Gasteiger partial charge in [0.25, 0.3) is 0 Å². The van der Waals surface area contributed by atoms with Crippen molar-refractivity contribution in [3.8, 4) is 11.5 Å². The maximum atomic E-state index is 14.7. The maximum absolute atomic E-state index is 14.7. The van der Waals surface area contributed by atoms with E-state index in [4.69, 9.17) is 18.9 Å². The van der Waals surface area contributed by atoms with Gasteiger partial charge in [0.2, 0.25) is 0 Å². The van der Waals surface area contributed by atoms with E-state index in [0.717, 1.165) is 6.07 Å². The van der Waals surface area contributed by atoms with E-state index < -0.39 is 23.6 Å². The molecule has 1 N–H and O–H groups in total. The summed E-state index contributed by atoms with van der Waals surface area (Å²) in [5.74, 6) is 0.310. The van der Waals surface area contributed by atoms with Crippen LogP contribution in [-0.4, -0.2) is 50.6 Å². The minimum atomic E-state index is -4.80. The van der Waals surface area contributed by atoms with Gasteiger partial charge < -0.3 is 24.3 Å².